The number of piperidine rings is 1. The molecular weight excluding hydrogens is 258 g/mol. The van der Waals surface area contributed by atoms with Crippen LogP contribution in [0.3, 0.4) is 0 Å². The van der Waals surface area contributed by atoms with Crippen LogP contribution in [0.2, 0.25) is 0 Å². The molecule has 0 aromatic carbocycles. The van der Waals surface area contributed by atoms with Crippen LogP contribution < -0.4 is 5.32 Å². The topological polar surface area (TPSA) is 115 Å². The summed E-state index contributed by atoms with van der Waals surface area (Å²) < 4.78 is 31.6. The lowest BCUT2D eigenvalue weighted by Gasteiger charge is -2.35. The summed E-state index contributed by atoms with van der Waals surface area (Å²) in [4.78, 5) is 0. The average molecular weight is 275 g/mol. The lowest BCUT2D eigenvalue weighted by Crippen LogP contribution is -2.45. The molecule has 4 N–H and O–H groups in total. The maximum atomic E-state index is 8.74. The summed E-state index contributed by atoms with van der Waals surface area (Å²) in [6, 6.07) is 0.721. The maximum Gasteiger partial charge on any atom is 0.394 e. The van der Waals surface area contributed by atoms with E-state index in [-0.39, 0.29) is 0 Å². The summed E-state index contributed by atoms with van der Waals surface area (Å²) in [5.41, 5.74) is 2.81. The van der Waals surface area contributed by atoms with Gasteiger partial charge >= 0.3 is 10.4 Å². The lowest BCUT2D eigenvalue weighted by molar-refractivity contribution is 0.262. The fourth-order valence-corrected chi connectivity index (χ4v) is 2.69. The SMILES string of the molecule is O=S(=O)(O)O.c1n[nH]c2c1C[C@@H]1NCCC[C@H]1C2. The second-order valence-corrected chi connectivity index (χ2v) is 5.59. The first-order valence-corrected chi connectivity index (χ1v) is 7.27. The second-order valence-electron chi connectivity index (χ2n) is 4.69. The van der Waals surface area contributed by atoms with Crippen molar-refractivity contribution in [1.82, 2.24) is 15.5 Å². The molecule has 0 unspecified atom stereocenters. The van der Waals surface area contributed by atoms with Gasteiger partial charge in [0.15, 0.2) is 0 Å². The van der Waals surface area contributed by atoms with Crippen LogP contribution >= 0.6 is 0 Å². The van der Waals surface area contributed by atoms with E-state index in [9.17, 15) is 0 Å². The van der Waals surface area contributed by atoms with Crippen LogP contribution in [-0.2, 0) is 23.2 Å². The Bertz CT molecular complexity index is 462. The lowest BCUT2D eigenvalue weighted by atomic mass is 9.79. The molecule has 2 aliphatic rings. The third-order valence-corrected chi connectivity index (χ3v) is 3.44. The van der Waals surface area contributed by atoms with E-state index in [1.54, 1.807) is 0 Å². The van der Waals surface area contributed by atoms with Gasteiger partial charge in [0.05, 0.1) is 6.20 Å². The van der Waals surface area contributed by atoms with Gasteiger partial charge in [-0.1, -0.05) is 0 Å². The van der Waals surface area contributed by atoms with Gasteiger partial charge in [0.1, 0.15) is 0 Å². The number of hydrogen-bond acceptors (Lipinski definition) is 4. The van der Waals surface area contributed by atoms with E-state index < -0.39 is 10.4 Å². The fourth-order valence-electron chi connectivity index (χ4n) is 2.69. The minimum Gasteiger partial charge on any atom is -0.313 e. The molecule has 1 aromatic rings. The van der Waals surface area contributed by atoms with E-state index in [1.807, 2.05) is 6.20 Å². The predicted molar refractivity (Wildman–Crippen MR) is 64.7 cm³/mol. The van der Waals surface area contributed by atoms with Gasteiger partial charge < -0.3 is 5.32 Å². The minimum absolute atomic E-state index is 0.721. The molecule has 18 heavy (non-hydrogen) atoms. The first-order valence-electron chi connectivity index (χ1n) is 5.88. The Balaban J connectivity index is 0.000000209. The number of fused-ring (bicyclic) bond motifs is 2. The second kappa shape index (κ2) is 5.35. The summed E-state index contributed by atoms with van der Waals surface area (Å²) in [6.45, 7) is 1.20. The van der Waals surface area contributed by atoms with Crippen molar-refractivity contribution in [2.45, 2.75) is 31.7 Å². The van der Waals surface area contributed by atoms with Gasteiger partial charge in [-0.25, -0.2) is 0 Å². The third-order valence-electron chi connectivity index (χ3n) is 3.44. The van der Waals surface area contributed by atoms with Crippen molar-refractivity contribution in [1.29, 1.82) is 0 Å². The molecular formula is C10H17N3O4S. The van der Waals surface area contributed by atoms with Crippen molar-refractivity contribution in [3.63, 3.8) is 0 Å². The summed E-state index contributed by atoms with van der Waals surface area (Å²) in [6.07, 6.45) is 7.09. The largest absolute Gasteiger partial charge is 0.394 e. The smallest absolute Gasteiger partial charge is 0.313 e. The quantitative estimate of drug-likeness (QED) is 0.504. The van der Waals surface area contributed by atoms with Crippen molar-refractivity contribution < 1.29 is 17.5 Å². The molecule has 1 aliphatic heterocycles. The number of rotatable bonds is 0. The van der Waals surface area contributed by atoms with Crippen molar-refractivity contribution >= 4 is 10.4 Å². The van der Waals surface area contributed by atoms with E-state index in [1.165, 1.54) is 43.5 Å². The summed E-state index contributed by atoms with van der Waals surface area (Å²) in [5.74, 6) is 0.849. The van der Waals surface area contributed by atoms with Gasteiger partial charge in [-0.2, -0.15) is 13.5 Å². The predicted octanol–water partition coefficient (Wildman–Crippen LogP) is 0.224. The van der Waals surface area contributed by atoms with Crippen LogP contribution in [-0.4, -0.2) is 40.3 Å². The molecule has 1 aromatic heterocycles. The molecule has 0 radical (unpaired) electrons. The van der Waals surface area contributed by atoms with Gasteiger partial charge in [0.2, 0.25) is 0 Å². The number of aromatic nitrogens is 2. The van der Waals surface area contributed by atoms with Crippen molar-refractivity contribution in [3.8, 4) is 0 Å². The monoisotopic (exact) mass is 275 g/mol. The number of aromatic amines is 1. The molecule has 102 valence electrons. The van der Waals surface area contributed by atoms with Crippen LogP contribution in [0.5, 0.6) is 0 Å². The fraction of sp³-hybridized carbons (Fsp3) is 0.700. The molecule has 0 bridgehead atoms. The van der Waals surface area contributed by atoms with Crippen LogP contribution in [0, 0.1) is 5.92 Å². The van der Waals surface area contributed by atoms with Crippen LogP contribution in [0.15, 0.2) is 6.20 Å². The van der Waals surface area contributed by atoms with Crippen molar-refractivity contribution in [3.05, 3.63) is 17.5 Å². The van der Waals surface area contributed by atoms with Crippen molar-refractivity contribution in [2.75, 3.05) is 6.54 Å². The van der Waals surface area contributed by atoms with E-state index >= 15 is 0 Å². The van der Waals surface area contributed by atoms with Gasteiger partial charge in [-0.3, -0.25) is 14.2 Å². The van der Waals surface area contributed by atoms with E-state index in [2.05, 4.69) is 15.5 Å². The van der Waals surface area contributed by atoms with Gasteiger partial charge in [-0.15, -0.1) is 0 Å². The number of nitrogens with one attached hydrogen (secondary N) is 2. The van der Waals surface area contributed by atoms with Gasteiger partial charge in [-0.05, 0) is 43.7 Å². The third kappa shape index (κ3) is 3.77. The summed E-state index contributed by atoms with van der Waals surface area (Å²) in [5, 5.41) is 10.8. The highest BCUT2D eigenvalue weighted by Crippen LogP contribution is 2.29. The molecule has 0 spiro atoms. The van der Waals surface area contributed by atoms with Gasteiger partial charge in [0.25, 0.3) is 0 Å². The summed E-state index contributed by atoms with van der Waals surface area (Å²) >= 11 is 0. The standard InChI is InChI=1S/C10H15N3.H2O4S/c1-2-7-4-10-8(6-12-13-10)5-9(7)11-3-1;1-5(2,3)4/h6-7,9,11H,1-5H2,(H,12,13);(H2,1,2,3,4)/t7-,9-;/m0./s1. The van der Waals surface area contributed by atoms with Crippen LogP contribution in [0.4, 0.5) is 0 Å². The molecule has 2 atom stereocenters. The van der Waals surface area contributed by atoms with Crippen LogP contribution in [0.25, 0.3) is 0 Å². The molecule has 1 fully saturated rings. The first kappa shape index (κ1) is 13.5. The zero-order valence-electron chi connectivity index (χ0n) is 9.83. The molecule has 1 saturated heterocycles. The molecule has 2 heterocycles. The maximum absolute atomic E-state index is 8.74. The highest BCUT2D eigenvalue weighted by Gasteiger charge is 2.30. The highest BCUT2D eigenvalue weighted by atomic mass is 32.3. The highest BCUT2D eigenvalue weighted by molar-refractivity contribution is 7.79. The Morgan fingerprint density at radius 2 is 2.06 bits per heavy atom. The average Bonchev–Trinajstić information content (AvgIpc) is 2.70. The number of hydrogen-bond donors (Lipinski definition) is 4. The Morgan fingerprint density at radius 1 is 1.33 bits per heavy atom. The molecule has 3 rings (SSSR count). The normalized spacial score (nSPS) is 26.6. The zero-order valence-corrected chi connectivity index (χ0v) is 10.7. The Hall–Kier alpha value is -0.960. The van der Waals surface area contributed by atoms with E-state index in [4.69, 9.17) is 17.5 Å². The Kier molecular flexibility index (Phi) is 4.00. The number of H-pyrrole nitrogens is 1. The zero-order chi connectivity index (χ0) is 13.2. The molecule has 0 amide bonds. The van der Waals surface area contributed by atoms with Crippen LogP contribution in [0.1, 0.15) is 24.1 Å². The van der Waals surface area contributed by atoms with Crippen molar-refractivity contribution in [2.24, 2.45) is 5.92 Å². The first-order chi connectivity index (χ1) is 8.43. The van der Waals surface area contributed by atoms with Gasteiger partial charge in [0, 0.05) is 11.7 Å². The number of nitrogens with zero attached hydrogens (tertiary/aromatic N) is 1. The minimum atomic E-state index is -4.67. The van der Waals surface area contributed by atoms with E-state index in [0.717, 1.165) is 12.0 Å². The van der Waals surface area contributed by atoms with E-state index in [0.29, 0.717) is 0 Å². The molecule has 7 nitrogen and oxygen atoms in total. The molecule has 0 saturated carbocycles. The Labute approximate surface area is 106 Å². The Morgan fingerprint density at radius 3 is 2.78 bits per heavy atom. The summed E-state index contributed by atoms with van der Waals surface area (Å²) in [7, 11) is -4.67. The molecule has 1 aliphatic carbocycles. The molecule has 8 heteroatoms.